The van der Waals surface area contributed by atoms with E-state index in [-0.39, 0.29) is 0 Å². The fraction of sp³-hybridized carbons (Fsp3) is 0.462. The maximum absolute atomic E-state index is 13.0. The second kappa shape index (κ2) is 4.22. The minimum absolute atomic E-state index is 0.382. The van der Waals surface area contributed by atoms with Crippen molar-refractivity contribution < 1.29 is 26.4 Å². The summed E-state index contributed by atoms with van der Waals surface area (Å²) in [5.74, 6) is -1.06. The first-order chi connectivity index (χ1) is 9.66. The molecule has 1 saturated carbocycles. The summed E-state index contributed by atoms with van der Waals surface area (Å²) in [4.78, 5) is 11.8. The van der Waals surface area contributed by atoms with Gasteiger partial charge in [0.15, 0.2) is 9.84 Å². The molecule has 3 rings (SSSR count). The van der Waals surface area contributed by atoms with Gasteiger partial charge in [-0.25, -0.2) is 8.42 Å². The van der Waals surface area contributed by atoms with Crippen LogP contribution in [-0.4, -0.2) is 20.1 Å². The van der Waals surface area contributed by atoms with Crippen molar-refractivity contribution in [3.63, 3.8) is 0 Å². The first-order valence-electron chi connectivity index (χ1n) is 6.40. The van der Waals surface area contributed by atoms with E-state index in [1.165, 1.54) is 0 Å². The van der Waals surface area contributed by atoms with Crippen molar-refractivity contribution in [3.05, 3.63) is 23.8 Å². The Balaban J connectivity index is 2.23. The average Bonchev–Trinajstić information content (AvgIpc) is 2.40. The van der Waals surface area contributed by atoms with Gasteiger partial charge in [-0.3, -0.25) is 4.79 Å². The number of nitrogens with one attached hydrogen (secondary N) is 1. The predicted molar refractivity (Wildman–Crippen MR) is 68.4 cm³/mol. The monoisotopic (exact) mass is 319 g/mol. The molecule has 0 saturated heterocycles. The number of benzene rings is 1. The van der Waals surface area contributed by atoms with Crippen LogP contribution >= 0.6 is 0 Å². The number of anilines is 1. The van der Waals surface area contributed by atoms with Crippen LogP contribution in [0.2, 0.25) is 0 Å². The van der Waals surface area contributed by atoms with Crippen molar-refractivity contribution >= 4 is 21.4 Å². The molecule has 21 heavy (non-hydrogen) atoms. The van der Waals surface area contributed by atoms with Gasteiger partial charge >= 0.3 is 6.18 Å². The molecular formula is C13H12F3NO3S. The number of halogens is 3. The van der Waals surface area contributed by atoms with E-state index >= 15 is 0 Å². The molecule has 1 aliphatic carbocycles. The molecular weight excluding hydrogens is 307 g/mol. The van der Waals surface area contributed by atoms with Crippen LogP contribution in [0.15, 0.2) is 23.1 Å². The van der Waals surface area contributed by atoms with E-state index in [4.69, 9.17) is 0 Å². The van der Waals surface area contributed by atoms with Gasteiger partial charge in [-0.15, -0.1) is 0 Å². The fourth-order valence-corrected chi connectivity index (χ4v) is 4.94. The van der Waals surface area contributed by atoms with Gasteiger partial charge in [0.2, 0.25) is 5.91 Å². The summed E-state index contributed by atoms with van der Waals surface area (Å²) in [7, 11) is -3.95. The van der Waals surface area contributed by atoms with Crippen molar-refractivity contribution in [3.8, 4) is 0 Å². The standard InChI is InChI=1S/C13H12F3NO3S/c14-13(15,16)8-3-1-4-9-10(8)17-11(18)12(5-2-6-12)7-21(9,19)20/h1,3-4H,2,5-7H2,(H,17,18). The Morgan fingerprint density at radius 3 is 2.38 bits per heavy atom. The van der Waals surface area contributed by atoms with Gasteiger partial charge in [-0.1, -0.05) is 12.5 Å². The summed E-state index contributed by atoms with van der Waals surface area (Å²) in [5, 5.41) is 2.21. The van der Waals surface area contributed by atoms with Gasteiger partial charge in [0, 0.05) is 0 Å². The smallest absolute Gasteiger partial charge is 0.324 e. The number of rotatable bonds is 0. The van der Waals surface area contributed by atoms with Crippen LogP contribution in [0, 0.1) is 5.41 Å². The van der Waals surface area contributed by atoms with Crippen LogP contribution in [0.4, 0.5) is 18.9 Å². The molecule has 8 heteroatoms. The summed E-state index contributed by atoms with van der Waals surface area (Å²) >= 11 is 0. The Bertz CT molecular complexity index is 721. The molecule has 1 aromatic carbocycles. The summed E-state index contributed by atoms with van der Waals surface area (Å²) in [5.41, 5.74) is -2.85. The third-order valence-electron chi connectivity index (χ3n) is 4.16. The zero-order valence-electron chi connectivity index (χ0n) is 10.8. The maximum atomic E-state index is 13.0. The van der Waals surface area contributed by atoms with E-state index in [2.05, 4.69) is 5.32 Å². The molecule has 1 fully saturated rings. The number of amides is 1. The van der Waals surface area contributed by atoms with E-state index < -0.39 is 49.2 Å². The molecule has 1 amide bonds. The lowest BCUT2D eigenvalue weighted by Gasteiger charge is -2.38. The molecule has 1 N–H and O–H groups in total. The van der Waals surface area contributed by atoms with Crippen molar-refractivity contribution in [1.29, 1.82) is 0 Å². The third-order valence-corrected chi connectivity index (χ3v) is 6.11. The van der Waals surface area contributed by atoms with Crippen molar-refractivity contribution in [2.24, 2.45) is 5.41 Å². The minimum Gasteiger partial charge on any atom is -0.324 e. The Hall–Kier alpha value is -1.57. The van der Waals surface area contributed by atoms with Crippen LogP contribution < -0.4 is 5.32 Å². The number of hydrogen-bond acceptors (Lipinski definition) is 3. The van der Waals surface area contributed by atoms with Gasteiger partial charge in [0.1, 0.15) is 0 Å². The van der Waals surface area contributed by atoms with Gasteiger partial charge < -0.3 is 5.32 Å². The molecule has 0 bridgehead atoms. The number of fused-ring (bicyclic) bond motifs is 1. The topological polar surface area (TPSA) is 63.2 Å². The number of alkyl halides is 3. The molecule has 0 aromatic heterocycles. The summed E-state index contributed by atoms with van der Waals surface area (Å²) in [6.07, 6.45) is -3.27. The molecule has 2 aliphatic rings. The molecule has 1 aliphatic heterocycles. The molecule has 0 radical (unpaired) electrons. The van der Waals surface area contributed by atoms with Gasteiger partial charge in [-0.2, -0.15) is 13.2 Å². The Labute approximate surface area is 119 Å². The largest absolute Gasteiger partial charge is 0.418 e. The highest BCUT2D eigenvalue weighted by Gasteiger charge is 2.51. The zero-order valence-corrected chi connectivity index (χ0v) is 11.6. The van der Waals surface area contributed by atoms with Gasteiger partial charge in [0.25, 0.3) is 0 Å². The van der Waals surface area contributed by atoms with Crippen LogP contribution in [-0.2, 0) is 20.8 Å². The molecule has 1 spiro atoms. The van der Waals surface area contributed by atoms with E-state index in [1.807, 2.05) is 0 Å². The summed E-state index contributed by atoms with van der Waals surface area (Å²) < 4.78 is 63.8. The SMILES string of the molecule is O=C1Nc2c(C(F)(F)F)cccc2S(=O)(=O)CC12CCC2. The Kier molecular flexibility index (Phi) is 2.89. The van der Waals surface area contributed by atoms with Crippen LogP contribution in [0.1, 0.15) is 24.8 Å². The van der Waals surface area contributed by atoms with Crippen LogP contribution in [0.25, 0.3) is 0 Å². The van der Waals surface area contributed by atoms with Gasteiger partial charge in [-0.05, 0) is 25.0 Å². The first-order valence-corrected chi connectivity index (χ1v) is 8.05. The molecule has 4 nitrogen and oxygen atoms in total. The van der Waals surface area contributed by atoms with E-state index in [9.17, 15) is 26.4 Å². The number of carbonyl (C=O) groups is 1. The highest BCUT2D eigenvalue weighted by Crippen LogP contribution is 2.48. The predicted octanol–water partition coefficient (Wildman–Crippen LogP) is 2.60. The quantitative estimate of drug-likeness (QED) is 0.799. The Morgan fingerprint density at radius 1 is 1.19 bits per heavy atom. The Morgan fingerprint density at radius 2 is 1.86 bits per heavy atom. The lowest BCUT2D eigenvalue weighted by molar-refractivity contribution is -0.137. The van der Waals surface area contributed by atoms with Crippen LogP contribution in [0.3, 0.4) is 0 Å². The second-order valence-corrected chi connectivity index (χ2v) is 7.48. The summed E-state index contributed by atoms with van der Waals surface area (Å²) in [6.45, 7) is 0. The molecule has 114 valence electrons. The second-order valence-electron chi connectivity index (χ2n) is 5.52. The van der Waals surface area contributed by atoms with E-state index in [0.717, 1.165) is 18.2 Å². The number of sulfone groups is 1. The number of hydrogen-bond donors (Lipinski definition) is 1. The van der Waals surface area contributed by atoms with E-state index in [0.29, 0.717) is 19.3 Å². The average molecular weight is 319 g/mol. The molecule has 0 atom stereocenters. The third kappa shape index (κ3) is 2.12. The zero-order chi connectivity index (χ0) is 15.5. The highest BCUT2D eigenvalue weighted by atomic mass is 32.2. The van der Waals surface area contributed by atoms with Crippen molar-refractivity contribution in [2.75, 3.05) is 11.1 Å². The fourth-order valence-electron chi connectivity index (χ4n) is 2.88. The molecule has 0 unspecified atom stereocenters. The van der Waals surface area contributed by atoms with Crippen molar-refractivity contribution in [2.45, 2.75) is 30.3 Å². The first kappa shape index (κ1) is 14.4. The van der Waals surface area contributed by atoms with E-state index in [1.54, 1.807) is 0 Å². The lowest BCUT2D eigenvalue weighted by atomic mass is 9.69. The van der Waals surface area contributed by atoms with Gasteiger partial charge in [0.05, 0.1) is 27.3 Å². The summed E-state index contributed by atoms with van der Waals surface area (Å²) in [6, 6.07) is 2.93. The normalized spacial score (nSPS) is 22.9. The van der Waals surface area contributed by atoms with Crippen LogP contribution in [0.5, 0.6) is 0 Å². The molecule has 1 heterocycles. The maximum Gasteiger partial charge on any atom is 0.418 e. The van der Waals surface area contributed by atoms with Crippen molar-refractivity contribution in [1.82, 2.24) is 0 Å². The highest BCUT2D eigenvalue weighted by molar-refractivity contribution is 7.91. The minimum atomic E-state index is -4.73. The number of para-hydroxylation sites is 1. The number of carbonyl (C=O) groups excluding carboxylic acids is 1. The molecule has 1 aromatic rings. The lowest BCUT2D eigenvalue weighted by Crippen LogP contribution is -2.45.